The van der Waals surface area contributed by atoms with Gasteiger partial charge in [0.1, 0.15) is 6.10 Å². The van der Waals surface area contributed by atoms with E-state index in [0.29, 0.717) is 6.42 Å². The van der Waals surface area contributed by atoms with Crippen molar-refractivity contribution in [3.63, 3.8) is 0 Å². The van der Waals surface area contributed by atoms with E-state index in [1.165, 1.54) is 0 Å². The monoisotopic (exact) mass is 149 g/mol. The number of hydrogen-bond acceptors (Lipinski definition) is 3. The van der Waals surface area contributed by atoms with E-state index in [0.717, 1.165) is 5.75 Å². The van der Waals surface area contributed by atoms with Gasteiger partial charge in [0, 0.05) is 0 Å². The van der Waals surface area contributed by atoms with E-state index in [4.69, 9.17) is 10.4 Å². The number of nitrogens with zero attached hydrogens (tertiary/aromatic N) is 1. The number of rotatable bonds is 3. The molecule has 0 aliphatic carbocycles. The van der Waals surface area contributed by atoms with Crippen LogP contribution in [0.25, 0.3) is 0 Å². The highest BCUT2D eigenvalue weighted by atomic mass is 32.2. The molecule has 0 aromatic carbocycles. The summed E-state index contributed by atoms with van der Waals surface area (Å²) in [5.41, 5.74) is 0. The topological polar surface area (TPSA) is 75.5 Å². The molecule has 0 amide bonds. The Balaban J connectivity index is 0. The molecule has 4 heteroatoms. The summed E-state index contributed by atoms with van der Waals surface area (Å²) in [6, 6.07) is 1.74. The zero-order chi connectivity index (χ0) is 6.41. The normalized spacial score (nSPS) is 11.2. The molecule has 0 aliphatic heterocycles. The zero-order valence-electron chi connectivity index (χ0n) is 5.29. The summed E-state index contributed by atoms with van der Waals surface area (Å²) in [4.78, 5) is 0. The molecule has 3 nitrogen and oxygen atoms in total. The summed E-state index contributed by atoms with van der Waals surface area (Å²) >= 11 is 1.63. The largest absolute Gasteiger partial charge is 0.412 e. The molecular weight excluding hydrogens is 138 g/mol. The van der Waals surface area contributed by atoms with Gasteiger partial charge in [-0.05, 0) is 18.4 Å². The van der Waals surface area contributed by atoms with E-state index in [1.807, 2.05) is 6.26 Å². The highest BCUT2D eigenvalue weighted by Gasteiger charge is 1.97. The highest BCUT2D eigenvalue weighted by molar-refractivity contribution is 7.98. The Bertz CT molecular complexity index is 91.4. The number of aliphatic hydroxyl groups excluding tert-OH is 1. The Morgan fingerprint density at radius 2 is 2.33 bits per heavy atom. The lowest BCUT2D eigenvalue weighted by Crippen LogP contribution is -2.02. The molecule has 9 heavy (non-hydrogen) atoms. The van der Waals surface area contributed by atoms with Crippen LogP contribution in [0.1, 0.15) is 6.42 Å². The smallest absolute Gasteiger partial charge is 0.141 e. The number of hydrogen-bond donors (Lipinski definition) is 1. The summed E-state index contributed by atoms with van der Waals surface area (Å²) in [5.74, 6) is 0.856. The van der Waals surface area contributed by atoms with Crippen molar-refractivity contribution in [2.45, 2.75) is 12.5 Å². The van der Waals surface area contributed by atoms with Gasteiger partial charge < -0.3 is 10.6 Å². The first-order chi connectivity index (χ1) is 3.81. The molecule has 0 fully saturated rings. The maximum Gasteiger partial charge on any atom is 0.141 e. The quantitative estimate of drug-likeness (QED) is 0.564. The minimum absolute atomic E-state index is 0. The van der Waals surface area contributed by atoms with Gasteiger partial charge in [-0.1, -0.05) is 0 Å². The van der Waals surface area contributed by atoms with Crippen LogP contribution in [-0.2, 0) is 0 Å². The molecule has 0 spiro atoms. The molecule has 0 unspecified atom stereocenters. The Labute approximate surface area is 59.0 Å². The van der Waals surface area contributed by atoms with Crippen LogP contribution in [0.3, 0.4) is 0 Å². The van der Waals surface area contributed by atoms with Gasteiger partial charge in [0.2, 0.25) is 0 Å². The van der Waals surface area contributed by atoms with Gasteiger partial charge in [0.05, 0.1) is 6.07 Å². The average Bonchev–Trinajstić information content (AvgIpc) is 1.83. The second-order valence-electron chi connectivity index (χ2n) is 1.43. The molecular formula is C5H11NO2S. The van der Waals surface area contributed by atoms with Crippen LogP contribution >= 0.6 is 11.8 Å². The van der Waals surface area contributed by atoms with Crippen molar-refractivity contribution in [1.82, 2.24) is 0 Å². The molecule has 54 valence electrons. The fourth-order valence-corrected chi connectivity index (χ4v) is 0.753. The highest BCUT2D eigenvalue weighted by Crippen LogP contribution is 1.98. The lowest BCUT2D eigenvalue weighted by Gasteiger charge is -1.95. The Morgan fingerprint density at radius 3 is 2.67 bits per heavy atom. The molecule has 0 aromatic rings. The van der Waals surface area contributed by atoms with Gasteiger partial charge >= 0.3 is 0 Å². The first-order valence-electron chi connectivity index (χ1n) is 2.38. The standard InChI is InChI=1S/C5H9NOS.H2O/c1-8-3-2-5(7)4-6;/h5,7H,2-3H2,1H3;1H2/t5-;/m1./s1. The van der Waals surface area contributed by atoms with Gasteiger partial charge in [0.25, 0.3) is 0 Å². The van der Waals surface area contributed by atoms with E-state index in [-0.39, 0.29) is 5.48 Å². The van der Waals surface area contributed by atoms with Crippen LogP contribution in [0.5, 0.6) is 0 Å². The average molecular weight is 149 g/mol. The van der Waals surface area contributed by atoms with Gasteiger partial charge in [0.15, 0.2) is 0 Å². The predicted molar refractivity (Wildman–Crippen MR) is 38.2 cm³/mol. The van der Waals surface area contributed by atoms with Crippen molar-refractivity contribution in [2.24, 2.45) is 0 Å². The van der Waals surface area contributed by atoms with Crippen molar-refractivity contribution in [2.75, 3.05) is 12.0 Å². The molecule has 0 rings (SSSR count). The van der Waals surface area contributed by atoms with E-state index in [9.17, 15) is 0 Å². The Kier molecular flexibility index (Phi) is 9.95. The maximum atomic E-state index is 8.61. The summed E-state index contributed by atoms with van der Waals surface area (Å²) < 4.78 is 0. The predicted octanol–water partition coefficient (Wildman–Crippen LogP) is -0.201. The van der Waals surface area contributed by atoms with Crippen molar-refractivity contribution in [1.29, 1.82) is 5.26 Å². The van der Waals surface area contributed by atoms with Crippen LogP contribution in [0.4, 0.5) is 0 Å². The van der Waals surface area contributed by atoms with Crippen LogP contribution in [0.2, 0.25) is 0 Å². The minimum Gasteiger partial charge on any atom is -0.412 e. The van der Waals surface area contributed by atoms with Gasteiger partial charge in [-0.15, -0.1) is 0 Å². The summed E-state index contributed by atoms with van der Waals surface area (Å²) in [6.45, 7) is 0. The first-order valence-corrected chi connectivity index (χ1v) is 3.77. The van der Waals surface area contributed by atoms with E-state index in [1.54, 1.807) is 17.8 Å². The van der Waals surface area contributed by atoms with E-state index >= 15 is 0 Å². The van der Waals surface area contributed by atoms with Crippen LogP contribution in [0, 0.1) is 11.3 Å². The summed E-state index contributed by atoms with van der Waals surface area (Å²) in [7, 11) is 0. The Morgan fingerprint density at radius 1 is 1.78 bits per heavy atom. The summed E-state index contributed by atoms with van der Waals surface area (Å²) in [5, 5.41) is 16.7. The van der Waals surface area contributed by atoms with Gasteiger partial charge in [-0.25, -0.2) is 0 Å². The van der Waals surface area contributed by atoms with Crippen molar-refractivity contribution >= 4 is 11.8 Å². The minimum atomic E-state index is -0.762. The third-order valence-corrected chi connectivity index (χ3v) is 1.39. The molecule has 0 bridgehead atoms. The first kappa shape index (κ1) is 11.5. The maximum absolute atomic E-state index is 8.61. The fraction of sp³-hybridized carbons (Fsp3) is 0.800. The number of thioether (sulfide) groups is 1. The second kappa shape index (κ2) is 7.76. The third kappa shape index (κ3) is 7.76. The molecule has 3 N–H and O–H groups in total. The molecule has 0 radical (unpaired) electrons. The zero-order valence-corrected chi connectivity index (χ0v) is 6.11. The molecule has 0 aromatic heterocycles. The van der Waals surface area contributed by atoms with E-state index in [2.05, 4.69) is 0 Å². The molecule has 0 aliphatic rings. The van der Waals surface area contributed by atoms with Crippen molar-refractivity contribution in [3.8, 4) is 6.07 Å². The fourth-order valence-electron chi connectivity index (χ4n) is 0.294. The van der Waals surface area contributed by atoms with Crippen molar-refractivity contribution < 1.29 is 10.6 Å². The van der Waals surface area contributed by atoms with Gasteiger partial charge in [-0.3, -0.25) is 0 Å². The number of aliphatic hydroxyl groups is 1. The molecule has 1 atom stereocenters. The molecule has 0 saturated heterocycles. The lowest BCUT2D eigenvalue weighted by molar-refractivity contribution is 0.227. The van der Waals surface area contributed by atoms with Gasteiger partial charge in [-0.2, -0.15) is 17.0 Å². The summed E-state index contributed by atoms with van der Waals surface area (Å²) in [6.07, 6.45) is 1.77. The number of nitriles is 1. The molecule has 0 heterocycles. The Hall–Kier alpha value is -0.240. The van der Waals surface area contributed by atoms with E-state index < -0.39 is 6.10 Å². The van der Waals surface area contributed by atoms with Crippen LogP contribution in [0.15, 0.2) is 0 Å². The lowest BCUT2D eigenvalue weighted by atomic mass is 10.3. The van der Waals surface area contributed by atoms with Crippen LogP contribution in [-0.4, -0.2) is 28.7 Å². The SMILES string of the molecule is CSCC[C@@H](O)C#N.O. The van der Waals surface area contributed by atoms with Crippen molar-refractivity contribution in [3.05, 3.63) is 0 Å². The second-order valence-corrected chi connectivity index (χ2v) is 2.41. The third-order valence-electron chi connectivity index (χ3n) is 0.744. The van der Waals surface area contributed by atoms with Crippen LogP contribution < -0.4 is 0 Å². The molecule has 0 saturated carbocycles.